The maximum Gasteiger partial charge on any atom is 0.207 e. The van der Waals surface area contributed by atoms with Crippen molar-refractivity contribution < 1.29 is 9.47 Å². The molecule has 0 radical (unpaired) electrons. The van der Waals surface area contributed by atoms with Crippen molar-refractivity contribution in [2.24, 2.45) is 0 Å². The standard InChI is InChI=1S/C16H23N3O2/c1-13(2)21-15-7-5-14(6-8-15)19-11-10-18-16(19)17-9-4-12-20-3/h5-8,10-11,13H,4,9,12H2,1-3H3,(H,17,18). The third kappa shape index (κ3) is 4.49. The Balaban J connectivity index is 2.02. The van der Waals surface area contributed by atoms with Gasteiger partial charge in [0.05, 0.1) is 6.10 Å². The largest absolute Gasteiger partial charge is 0.491 e. The summed E-state index contributed by atoms with van der Waals surface area (Å²) in [6, 6.07) is 8.01. The van der Waals surface area contributed by atoms with Gasteiger partial charge >= 0.3 is 0 Å². The van der Waals surface area contributed by atoms with Gasteiger partial charge in [-0.3, -0.25) is 4.57 Å². The van der Waals surface area contributed by atoms with Gasteiger partial charge in [0.2, 0.25) is 5.95 Å². The van der Waals surface area contributed by atoms with Crippen molar-refractivity contribution in [3.8, 4) is 11.4 Å². The van der Waals surface area contributed by atoms with Gasteiger partial charge in [0.15, 0.2) is 0 Å². The molecule has 0 fully saturated rings. The Morgan fingerprint density at radius 3 is 2.67 bits per heavy atom. The highest BCUT2D eigenvalue weighted by Gasteiger charge is 2.05. The third-order valence-electron chi connectivity index (χ3n) is 2.94. The lowest BCUT2D eigenvalue weighted by Gasteiger charge is -2.12. The minimum absolute atomic E-state index is 0.183. The number of anilines is 1. The second kappa shape index (κ2) is 7.69. The fraction of sp³-hybridized carbons (Fsp3) is 0.438. The lowest BCUT2D eigenvalue weighted by atomic mass is 10.3. The van der Waals surface area contributed by atoms with E-state index in [9.17, 15) is 0 Å². The van der Waals surface area contributed by atoms with Gasteiger partial charge in [0, 0.05) is 38.3 Å². The van der Waals surface area contributed by atoms with Crippen LogP contribution in [0.2, 0.25) is 0 Å². The fourth-order valence-electron chi connectivity index (χ4n) is 2.02. The summed E-state index contributed by atoms with van der Waals surface area (Å²) < 4.78 is 12.7. The van der Waals surface area contributed by atoms with Gasteiger partial charge < -0.3 is 14.8 Å². The molecule has 0 atom stereocenters. The molecule has 0 aliphatic heterocycles. The van der Waals surface area contributed by atoms with Crippen LogP contribution >= 0.6 is 0 Å². The zero-order chi connectivity index (χ0) is 15.1. The van der Waals surface area contributed by atoms with E-state index in [-0.39, 0.29) is 6.10 Å². The lowest BCUT2D eigenvalue weighted by Crippen LogP contribution is -2.09. The number of benzene rings is 1. The Kier molecular flexibility index (Phi) is 5.63. The predicted octanol–water partition coefficient (Wildman–Crippen LogP) is 3.11. The van der Waals surface area contributed by atoms with Gasteiger partial charge in [0.25, 0.3) is 0 Å². The van der Waals surface area contributed by atoms with Crippen LogP contribution in [0.5, 0.6) is 5.75 Å². The summed E-state index contributed by atoms with van der Waals surface area (Å²) in [6.07, 6.45) is 4.86. The normalized spacial score (nSPS) is 10.9. The Bertz CT molecular complexity index is 535. The highest BCUT2D eigenvalue weighted by Crippen LogP contribution is 2.19. The van der Waals surface area contributed by atoms with E-state index < -0.39 is 0 Å². The maximum absolute atomic E-state index is 5.65. The molecule has 114 valence electrons. The first-order chi connectivity index (χ1) is 10.2. The van der Waals surface area contributed by atoms with E-state index in [2.05, 4.69) is 10.3 Å². The van der Waals surface area contributed by atoms with Crippen molar-refractivity contribution >= 4 is 5.95 Å². The molecule has 2 aromatic rings. The Morgan fingerprint density at radius 2 is 2.00 bits per heavy atom. The second-order valence-electron chi connectivity index (χ2n) is 5.05. The predicted molar refractivity (Wildman–Crippen MR) is 84.3 cm³/mol. The van der Waals surface area contributed by atoms with Gasteiger partial charge in [-0.15, -0.1) is 0 Å². The first kappa shape index (κ1) is 15.4. The summed E-state index contributed by atoms with van der Waals surface area (Å²) in [5.41, 5.74) is 1.05. The van der Waals surface area contributed by atoms with Crippen LogP contribution in [0.15, 0.2) is 36.7 Å². The highest BCUT2D eigenvalue weighted by molar-refractivity contribution is 5.44. The number of methoxy groups -OCH3 is 1. The van der Waals surface area contributed by atoms with Gasteiger partial charge in [-0.1, -0.05) is 0 Å². The van der Waals surface area contributed by atoms with Crippen molar-refractivity contribution in [2.75, 3.05) is 25.6 Å². The number of rotatable bonds is 8. The van der Waals surface area contributed by atoms with Crippen LogP contribution in [0, 0.1) is 0 Å². The zero-order valence-corrected chi connectivity index (χ0v) is 12.9. The smallest absolute Gasteiger partial charge is 0.207 e. The number of aromatic nitrogens is 2. The first-order valence-corrected chi connectivity index (χ1v) is 7.24. The summed E-state index contributed by atoms with van der Waals surface area (Å²) in [5.74, 6) is 1.71. The summed E-state index contributed by atoms with van der Waals surface area (Å²) in [5, 5.41) is 3.31. The van der Waals surface area contributed by atoms with Gasteiger partial charge in [-0.05, 0) is 44.5 Å². The van der Waals surface area contributed by atoms with Crippen molar-refractivity contribution in [2.45, 2.75) is 26.4 Å². The zero-order valence-electron chi connectivity index (χ0n) is 12.9. The lowest BCUT2D eigenvalue weighted by molar-refractivity contribution is 0.197. The third-order valence-corrected chi connectivity index (χ3v) is 2.94. The molecule has 0 unspecified atom stereocenters. The topological polar surface area (TPSA) is 48.3 Å². The SMILES string of the molecule is COCCCNc1nccn1-c1ccc(OC(C)C)cc1. The number of nitrogens with one attached hydrogen (secondary N) is 1. The molecule has 0 aliphatic carbocycles. The maximum atomic E-state index is 5.65. The molecular weight excluding hydrogens is 266 g/mol. The van der Waals surface area contributed by atoms with E-state index in [1.165, 1.54) is 0 Å². The van der Waals surface area contributed by atoms with Crippen LogP contribution in [0.25, 0.3) is 5.69 Å². The number of imidazole rings is 1. The van der Waals surface area contributed by atoms with Gasteiger partial charge in [0.1, 0.15) is 5.75 Å². The van der Waals surface area contributed by atoms with Crippen molar-refractivity contribution in [1.29, 1.82) is 0 Å². The molecule has 0 saturated heterocycles. The summed E-state index contributed by atoms with van der Waals surface area (Å²) in [4.78, 5) is 4.34. The van der Waals surface area contributed by atoms with Crippen LogP contribution in [0.3, 0.4) is 0 Å². The second-order valence-corrected chi connectivity index (χ2v) is 5.05. The van der Waals surface area contributed by atoms with E-state index in [4.69, 9.17) is 9.47 Å². The average Bonchev–Trinajstić information content (AvgIpc) is 2.92. The number of hydrogen-bond acceptors (Lipinski definition) is 4. The van der Waals surface area contributed by atoms with Crippen LogP contribution in [0.1, 0.15) is 20.3 Å². The minimum atomic E-state index is 0.183. The minimum Gasteiger partial charge on any atom is -0.491 e. The van der Waals surface area contributed by atoms with Gasteiger partial charge in [-0.25, -0.2) is 4.98 Å². The Hall–Kier alpha value is -2.01. The molecule has 2 rings (SSSR count). The molecule has 0 aliphatic rings. The van der Waals surface area contributed by atoms with Crippen LogP contribution < -0.4 is 10.1 Å². The monoisotopic (exact) mass is 289 g/mol. The quantitative estimate of drug-likeness (QED) is 0.759. The van der Waals surface area contributed by atoms with Crippen molar-refractivity contribution in [3.05, 3.63) is 36.7 Å². The molecule has 5 nitrogen and oxygen atoms in total. The molecule has 21 heavy (non-hydrogen) atoms. The molecule has 0 spiro atoms. The summed E-state index contributed by atoms with van der Waals surface area (Å²) in [6.45, 7) is 5.62. The average molecular weight is 289 g/mol. The number of hydrogen-bond donors (Lipinski definition) is 1. The van der Waals surface area contributed by atoms with Crippen molar-refractivity contribution in [1.82, 2.24) is 9.55 Å². The molecular formula is C16H23N3O2. The first-order valence-electron chi connectivity index (χ1n) is 7.24. The van der Waals surface area contributed by atoms with E-state index in [0.29, 0.717) is 0 Å². The van der Waals surface area contributed by atoms with Crippen LogP contribution in [0.4, 0.5) is 5.95 Å². The fourth-order valence-corrected chi connectivity index (χ4v) is 2.02. The Labute approximate surface area is 125 Å². The molecule has 1 aromatic carbocycles. The Morgan fingerprint density at radius 1 is 1.24 bits per heavy atom. The molecule has 1 heterocycles. The molecule has 0 bridgehead atoms. The van der Waals surface area contributed by atoms with E-state index in [0.717, 1.165) is 37.0 Å². The number of nitrogens with zero attached hydrogens (tertiary/aromatic N) is 2. The molecule has 0 amide bonds. The molecule has 0 saturated carbocycles. The summed E-state index contributed by atoms with van der Waals surface area (Å²) in [7, 11) is 1.71. The molecule has 1 aromatic heterocycles. The number of ether oxygens (including phenoxy) is 2. The van der Waals surface area contributed by atoms with E-state index in [1.807, 2.05) is 48.9 Å². The van der Waals surface area contributed by atoms with E-state index in [1.54, 1.807) is 13.3 Å². The van der Waals surface area contributed by atoms with E-state index >= 15 is 0 Å². The molecule has 5 heteroatoms. The highest BCUT2D eigenvalue weighted by atomic mass is 16.5. The van der Waals surface area contributed by atoms with Crippen LogP contribution in [-0.2, 0) is 4.74 Å². The van der Waals surface area contributed by atoms with Crippen LogP contribution in [-0.4, -0.2) is 35.9 Å². The van der Waals surface area contributed by atoms with Crippen molar-refractivity contribution in [3.63, 3.8) is 0 Å². The van der Waals surface area contributed by atoms with Gasteiger partial charge in [-0.2, -0.15) is 0 Å². The molecule has 1 N–H and O–H groups in total. The summed E-state index contributed by atoms with van der Waals surface area (Å²) >= 11 is 0.